The quantitative estimate of drug-likeness (QED) is 0.751. The summed E-state index contributed by atoms with van der Waals surface area (Å²) in [6.07, 6.45) is 0.882. The fourth-order valence-corrected chi connectivity index (χ4v) is 1.95. The Hall–Kier alpha value is -1.67. The van der Waals surface area contributed by atoms with Crippen molar-refractivity contribution in [2.75, 3.05) is 0 Å². The Morgan fingerprint density at radius 1 is 1.11 bits per heavy atom. The van der Waals surface area contributed by atoms with Gasteiger partial charge in [0.2, 0.25) is 0 Å². The predicted molar refractivity (Wildman–Crippen MR) is 70.5 cm³/mol. The molecule has 1 nitrogen and oxygen atoms in total. The summed E-state index contributed by atoms with van der Waals surface area (Å²) in [5, 5.41) is 0.548. The third kappa shape index (κ3) is 3.41. The molecule has 2 rings (SSSR count). The molecule has 0 spiro atoms. The zero-order valence-corrected chi connectivity index (χ0v) is 10.5. The van der Waals surface area contributed by atoms with E-state index in [0.29, 0.717) is 23.4 Å². The summed E-state index contributed by atoms with van der Waals surface area (Å²) < 4.78 is 13.0. The van der Waals surface area contributed by atoms with Crippen LogP contribution in [0.2, 0.25) is 5.02 Å². The third-order valence-electron chi connectivity index (χ3n) is 2.68. The molecule has 0 fully saturated rings. The average molecular weight is 263 g/mol. The Morgan fingerprint density at radius 3 is 2.61 bits per heavy atom. The molecule has 0 atom stereocenters. The van der Waals surface area contributed by atoms with Crippen molar-refractivity contribution in [3.05, 3.63) is 70.5 Å². The Bertz CT molecular complexity index is 566. The topological polar surface area (TPSA) is 17.1 Å². The Morgan fingerprint density at radius 2 is 1.89 bits per heavy atom. The van der Waals surface area contributed by atoms with Gasteiger partial charge in [-0.3, -0.25) is 4.79 Å². The first-order chi connectivity index (χ1) is 8.65. The number of hydrogen-bond donors (Lipinski definition) is 0. The van der Waals surface area contributed by atoms with Crippen LogP contribution in [0, 0.1) is 5.82 Å². The largest absolute Gasteiger partial charge is 0.294 e. The highest BCUT2D eigenvalue weighted by Gasteiger charge is 2.06. The molecule has 18 heavy (non-hydrogen) atoms. The van der Waals surface area contributed by atoms with Crippen LogP contribution in [-0.4, -0.2) is 5.78 Å². The zero-order valence-electron chi connectivity index (χ0n) is 9.70. The molecule has 2 aromatic carbocycles. The Kier molecular flexibility index (Phi) is 4.11. The monoisotopic (exact) mass is 262 g/mol. The van der Waals surface area contributed by atoms with Crippen LogP contribution in [-0.2, 0) is 6.42 Å². The lowest BCUT2D eigenvalue weighted by atomic mass is 10.0. The normalized spacial score (nSPS) is 10.3. The number of ketones is 1. The zero-order chi connectivity index (χ0) is 13.0. The van der Waals surface area contributed by atoms with Crippen molar-refractivity contribution < 1.29 is 9.18 Å². The van der Waals surface area contributed by atoms with E-state index in [1.165, 1.54) is 12.1 Å². The molecular formula is C15H12ClFO. The van der Waals surface area contributed by atoms with E-state index in [9.17, 15) is 9.18 Å². The van der Waals surface area contributed by atoms with Crippen LogP contribution in [0.5, 0.6) is 0 Å². The van der Waals surface area contributed by atoms with Crippen molar-refractivity contribution in [2.45, 2.75) is 12.8 Å². The van der Waals surface area contributed by atoms with Gasteiger partial charge < -0.3 is 0 Å². The van der Waals surface area contributed by atoms with Gasteiger partial charge in [0.25, 0.3) is 0 Å². The fraction of sp³-hybridized carbons (Fsp3) is 0.133. The molecule has 0 aliphatic rings. The molecule has 0 unspecified atom stereocenters. The van der Waals surface area contributed by atoms with E-state index >= 15 is 0 Å². The van der Waals surface area contributed by atoms with Crippen LogP contribution in [0.4, 0.5) is 4.39 Å². The van der Waals surface area contributed by atoms with Crippen molar-refractivity contribution >= 4 is 17.4 Å². The number of Topliss-reactive ketones (excluding diaryl/α,β-unsaturated/α-hetero) is 1. The van der Waals surface area contributed by atoms with Crippen LogP contribution in [0.15, 0.2) is 48.5 Å². The van der Waals surface area contributed by atoms with Gasteiger partial charge >= 0.3 is 0 Å². The number of rotatable bonds is 4. The van der Waals surface area contributed by atoms with E-state index in [2.05, 4.69) is 0 Å². The highest BCUT2D eigenvalue weighted by Crippen LogP contribution is 2.14. The molecule has 0 bridgehead atoms. The maximum absolute atomic E-state index is 13.0. The molecule has 0 heterocycles. The number of halogens is 2. The first-order valence-corrected chi connectivity index (χ1v) is 6.06. The molecule has 0 N–H and O–H groups in total. The Balaban J connectivity index is 2.00. The van der Waals surface area contributed by atoms with Gasteiger partial charge in [0.05, 0.1) is 0 Å². The lowest BCUT2D eigenvalue weighted by Crippen LogP contribution is -2.01. The second-order valence-corrected chi connectivity index (χ2v) is 4.50. The van der Waals surface area contributed by atoms with Gasteiger partial charge in [-0.05, 0) is 36.2 Å². The SMILES string of the molecule is O=C(CCc1cccc(F)c1)c1cccc(Cl)c1. The van der Waals surface area contributed by atoms with Gasteiger partial charge in [-0.15, -0.1) is 0 Å². The molecule has 0 saturated carbocycles. The molecule has 0 aliphatic heterocycles. The van der Waals surface area contributed by atoms with E-state index in [0.717, 1.165) is 5.56 Å². The number of aryl methyl sites for hydroxylation is 1. The lowest BCUT2D eigenvalue weighted by molar-refractivity contribution is 0.0983. The number of hydrogen-bond acceptors (Lipinski definition) is 1. The van der Waals surface area contributed by atoms with Crippen LogP contribution < -0.4 is 0 Å². The van der Waals surface area contributed by atoms with Crippen molar-refractivity contribution in [3.8, 4) is 0 Å². The molecule has 0 aliphatic carbocycles. The van der Waals surface area contributed by atoms with Crippen LogP contribution >= 0.6 is 11.6 Å². The molecular weight excluding hydrogens is 251 g/mol. The summed E-state index contributed by atoms with van der Waals surface area (Å²) in [7, 11) is 0. The molecule has 0 amide bonds. The highest BCUT2D eigenvalue weighted by molar-refractivity contribution is 6.31. The van der Waals surface area contributed by atoms with Crippen molar-refractivity contribution in [3.63, 3.8) is 0 Å². The van der Waals surface area contributed by atoms with Gasteiger partial charge in [-0.1, -0.05) is 35.9 Å². The van der Waals surface area contributed by atoms with E-state index in [1.54, 1.807) is 30.3 Å². The lowest BCUT2D eigenvalue weighted by Gasteiger charge is -2.02. The minimum Gasteiger partial charge on any atom is -0.294 e. The van der Waals surface area contributed by atoms with Gasteiger partial charge in [0.15, 0.2) is 5.78 Å². The highest BCUT2D eigenvalue weighted by atomic mass is 35.5. The maximum atomic E-state index is 13.0. The minimum absolute atomic E-state index is 0.0155. The second-order valence-electron chi connectivity index (χ2n) is 4.06. The molecule has 3 heteroatoms. The van der Waals surface area contributed by atoms with Gasteiger partial charge in [0, 0.05) is 17.0 Å². The fourth-order valence-electron chi connectivity index (χ4n) is 1.76. The van der Waals surface area contributed by atoms with Crippen LogP contribution in [0.25, 0.3) is 0 Å². The molecule has 0 aromatic heterocycles. The molecule has 92 valence electrons. The predicted octanol–water partition coefficient (Wildman–Crippen LogP) is 4.29. The standard InChI is InChI=1S/C15H12ClFO/c16-13-5-2-4-12(10-13)15(18)8-7-11-3-1-6-14(17)9-11/h1-6,9-10H,7-8H2. The minimum atomic E-state index is -0.275. The van der Waals surface area contributed by atoms with Crippen molar-refractivity contribution in [2.24, 2.45) is 0 Å². The summed E-state index contributed by atoms with van der Waals surface area (Å²) in [4.78, 5) is 11.9. The van der Waals surface area contributed by atoms with Crippen molar-refractivity contribution in [1.82, 2.24) is 0 Å². The maximum Gasteiger partial charge on any atom is 0.163 e. The van der Waals surface area contributed by atoms with Crippen LogP contribution in [0.1, 0.15) is 22.3 Å². The summed E-state index contributed by atoms with van der Waals surface area (Å²) in [5.74, 6) is -0.260. The summed E-state index contributed by atoms with van der Waals surface area (Å²) in [6.45, 7) is 0. The molecule has 0 radical (unpaired) electrons. The van der Waals surface area contributed by atoms with E-state index < -0.39 is 0 Å². The van der Waals surface area contributed by atoms with Gasteiger partial charge in [-0.2, -0.15) is 0 Å². The smallest absolute Gasteiger partial charge is 0.163 e. The number of benzene rings is 2. The number of carbonyl (C=O) groups is 1. The second kappa shape index (κ2) is 5.78. The van der Waals surface area contributed by atoms with Crippen LogP contribution in [0.3, 0.4) is 0 Å². The van der Waals surface area contributed by atoms with E-state index in [1.807, 2.05) is 6.07 Å². The third-order valence-corrected chi connectivity index (χ3v) is 2.91. The summed E-state index contributed by atoms with van der Waals surface area (Å²) in [6, 6.07) is 13.2. The first-order valence-electron chi connectivity index (χ1n) is 5.68. The molecule has 2 aromatic rings. The van der Waals surface area contributed by atoms with E-state index in [-0.39, 0.29) is 11.6 Å². The first kappa shape index (κ1) is 12.8. The summed E-state index contributed by atoms with van der Waals surface area (Å²) >= 11 is 5.83. The van der Waals surface area contributed by atoms with Gasteiger partial charge in [-0.25, -0.2) is 4.39 Å². The molecule has 0 saturated heterocycles. The van der Waals surface area contributed by atoms with Gasteiger partial charge in [0.1, 0.15) is 5.82 Å². The summed E-state index contributed by atoms with van der Waals surface area (Å²) in [5.41, 5.74) is 1.42. The van der Waals surface area contributed by atoms with E-state index in [4.69, 9.17) is 11.6 Å². The number of carbonyl (C=O) groups excluding carboxylic acids is 1. The average Bonchev–Trinajstić information content (AvgIpc) is 2.36. The Labute approximate surface area is 110 Å². The van der Waals surface area contributed by atoms with Crippen molar-refractivity contribution in [1.29, 1.82) is 0 Å².